The summed E-state index contributed by atoms with van der Waals surface area (Å²) in [6, 6.07) is 0.843. The Morgan fingerprint density at radius 2 is 1.95 bits per heavy atom. The second kappa shape index (κ2) is 6.03. The number of hydrogen-bond acceptors (Lipinski definition) is 6. The molecule has 1 N–H and O–H groups in total. The lowest BCUT2D eigenvalue weighted by molar-refractivity contribution is -0.137. The van der Waals surface area contributed by atoms with E-state index in [2.05, 4.69) is 4.74 Å². The van der Waals surface area contributed by atoms with Crippen LogP contribution in [0.25, 0.3) is 0 Å². The average Bonchev–Trinajstić information content (AvgIpc) is 2.40. The number of ketones is 1. The first-order chi connectivity index (χ1) is 8.97. The Labute approximate surface area is 108 Å². The largest absolute Gasteiger partial charge is 0.504 e. The van der Waals surface area contributed by atoms with Crippen LogP contribution in [0.5, 0.6) is 17.2 Å². The van der Waals surface area contributed by atoms with Crippen molar-refractivity contribution < 1.29 is 33.3 Å². The van der Waals surface area contributed by atoms with E-state index in [0.717, 1.165) is 6.07 Å². The van der Waals surface area contributed by atoms with E-state index < -0.39 is 28.9 Å². The summed E-state index contributed by atoms with van der Waals surface area (Å²) in [5, 5.41) is 9.58. The van der Waals surface area contributed by atoms with Crippen LogP contribution in [0.4, 0.5) is 4.39 Å². The first-order valence-corrected chi connectivity index (χ1v) is 5.32. The van der Waals surface area contributed by atoms with Crippen molar-refractivity contribution >= 4 is 11.8 Å². The number of carbonyl (C=O) groups excluding carboxylic acids is 2. The fourth-order valence-corrected chi connectivity index (χ4v) is 1.46. The zero-order valence-electron chi connectivity index (χ0n) is 10.7. The van der Waals surface area contributed by atoms with Gasteiger partial charge in [0.15, 0.2) is 23.1 Å². The number of aromatic hydroxyl groups is 1. The number of Topliss-reactive ketones (excluding diaryl/α,β-unsaturated/α-hetero) is 1. The number of rotatable bonds is 5. The number of halogens is 1. The zero-order valence-corrected chi connectivity index (χ0v) is 10.7. The molecule has 0 aromatic heterocycles. The molecule has 104 valence electrons. The van der Waals surface area contributed by atoms with Gasteiger partial charge < -0.3 is 19.3 Å². The molecule has 1 aromatic rings. The highest BCUT2D eigenvalue weighted by Gasteiger charge is 2.30. The lowest BCUT2D eigenvalue weighted by Gasteiger charge is -2.13. The molecular weight excluding hydrogens is 259 g/mol. The van der Waals surface area contributed by atoms with E-state index in [1.807, 2.05) is 0 Å². The molecule has 0 aliphatic carbocycles. The van der Waals surface area contributed by atoms with Gasteiger partial charge in [0, 0.05) is 6.07 Å². The lowest BCUT2D eigenvalue weighted by Crippen LogP contribution is -2.19. The number of esters is 1. The van der Waals surface area contributed by atoms with E-state index in [-0.39, 0.29) is 18.1 Å². The molecule has 19 heavy (non-hydrogen) atoms. The maximum absolute atomic E-state index is 13.5. The lowest BCUT2D eigenvalue weighted by atomic mass is 10.1. The molecule has 0 heterocycles. The average molecular weight is 272 g/mol. The van der Waals surface area contributed by atoms with Gasteiger partial charge in [-0.25, -0.2) is 9.18 Å². The minimum Gasteiger partial charge on any atom is -0.504 e. The Morgan fingerprint density at radius 1 is 1.32 bits per heavy atom. The van der Waals surface area contributed by atoms with Gasteiger partial charge in [-0.05, 0) is 6.92 Å². The van der Waals surface area contributed by atoms with Crippen LogP contribution in [0.15, 0.2) is 6.07 Å². The maximum Gasteiger partial charge on any atom is 0.379 e. The van der Waals surface area contributed by atoms with Gasteiger partial charge in [-0.3, -0.25) is 4.79 Å². The predicted molar refractivity (Wildman–Crippen MR) is 62.1 cm³/mol. The standard InChI is InChI=1S/C12H13FO6/c1-4-19-12(16)10(15)8-9(14)6(13)5-7(17-2)11(8)18-3/h5,14H,4H2,1-3H3. The second-order valence-electron chi connectivity index (χ2n) is 3.37. The summed E-state index contributed by atoms with van der Waals surface area (Å²) in [4.78, 5) is 23.2. The highest BCUT2D eigenvalue weighted by molar-refractivity contribution is 6.42. The van der Waals surface area contributed by atoms with Gasteiger partial charge in [-0.2, -0.15) is 0 Å². The van der Waals surface area contributed by atoms with Gasteiger partial charge in [0.05, 0.1) is 20.8 Å². The summed E-state index contributed by atoms with van der Waals surface area (Å²) in [5.41, 5.74) is -0.627. The third kappa shape index (κ3) is 2.75. The van der Waals surface area contributed by atoms with Gasteiger partial charge in [0.2, 0.25) is 0 Å². The summed E-state index contributed by atoms with van der Waals surface area (Å²) >= 11 is 0. The van der Waals surface area contributed by atoms with E-state index in [0.29, 0.717) is 0 Å². The van der Waals surface area contributed by atoms with Crippen LogP contribution in [0.2, 0.25) is 0 Å². The van der Waals surface area contributed by atoms with E-state index in [4.69, 9.17) is 9.47 Å². The zero-order chi connectivity index (χ0) is 14.6. The van der Waals surface area contributed by atoms with Gasteiger partial charge in [0.25, 0.3) is 5.78 Å². The molecule has 0 saturated carbocycles. The number of phenols is 1. The van der Waals surface area contributed by atoms with Gasteiger partial charge in [-0.15, -0.1) is 0 Å². The summed E-state index contributed by atoms with van der Waals surface area (Å²) in [7, 11) is 2.42. The molecular formula is C12H13FO6. The van der Waals surface area contributed by atoms with Crippen LogP contribution in [-0.2, 0) is 9.53 Å². The monoisotopic (exact) mass is 272 g/mol. The van der Waals surface area contributed by atoms with Crippen molar-refractivity contribution in [3.8, 4) is 17.2 Å². The summed E-state index contributed by atoms with van der Waals surface area (Å²) in [6.07, 6.45) is 0. The molecule has 1 aromatic carbocycles. The van der Waals surface area contributed by atoms with Crippen LogP contribution in [0, 0.1) is 5.82 Å². The summed E-state index contributed by atoms with van der Waals surface area (Å²) in [6.45, 7) is 1.48. The molecule has 0 amide bonds. The highest BCUT2D eigenvalue weighted by Crippen LogP contribution is 2.39. The number of benzene rings is 1. The Bertz CT molecular complexity index is 511. The Morgan fingerprint density at radius 3 is 2.42 bits per heavy atom. The fraction of sp³-hybridized carbons (Fsp3) is 0.333. The fourth-order valence-electron chi connectivity index (χ4n) is 1.46. The Hall–Kier alpha value is -2.31. The molecule has 6 nitrogen and oxygen atoms in total. The third-order valence-electron chi connectivity index (χ3n) is 2.28. The minimum atomic E-state index is -1.22. The van der Waals surface area contributed by atoms with E-state index in [1.54, 1.807) is 0 Å². The molecule has 0 atom stereocenters. The van der Waals surface area contributed by atoms with Crippen molar-refractivity contribution in [2.45, 2.75) is 6.92 Å². The molecule has 0 saturated heterocycles. The number of carbonyl (C=O) groups is 2. The Kier molecular flexibility index (Phi) is 4.68. The molecule has 0 fully saturated rings. The van der Waals surface area contributed by atoms with Crippen LogP contribution >= 0.6 is 0 Å². The number of hydrogen-bond donors (Lipinski definition) is 1. The normalized spacial score (nSPS) is 9.89. The van der Waals surface area contributed by atoms with Crippen molar-refractivity contribution in [1.29, 1.82) is 0 Å². The van der Waals surface area contributed by atoms with Gasteiger partial charge >= 0.3 is 5.97 Å². The molecule has 1 rings (SSSR count). The molecule has 0 bridgehead atoms. The number of phenolic OH excluding ortho intramolecular Hbond substituents is 1. The molecule has 0 aliphatic rings. The maximum atomic E-state index is 13.5. The van der Waals surface area contributed by atoms with Crippen LogP contribution in [0.3, 0.4) is 0 Å². The summed E-state index contributed by atoms with van der Waals surface area (Å²) < 4.78 is 27.7. The SMILES string of the molecule is CCOC(=O)C(=O)c1c(O)c(F)cc(OC)c1OC. The molecule has 7 heteroatoms. The van der Waals surface area contributed by atoms with Crippen molar-refractivity contribution in [3.05, 3.63) is 17.4 Å². The number of methoxy groups -OCH3 is 2. The van der Waals surface area contributed by atoms with E-state index in [9.17, 15) is 19.1 Å². The predicted octanol–water partition coefficient (Wildman–Crippen LogP) is 1.29. The number of ether oxygens (including phenoxy) is 3. The van der Waals surface area contributed by atoms with Crippen molar-refractivity contribution in [2.24, 2.45) is 0 Å². The minimum absolute atomic E-state index is 0.0277. The first kappa shape index (κ1) is 14.7. The summed E-state index contributed by atoms with van der Waals surface area (Å²) in [5.74, 6) is -4.89. The quantitative estimate of drug-likeness (QED) is 0.494. The smallest absolute Gasteiger partial charge is 0.379 e. The molecule has 0 radical (unpaired) electrons. The van der Waals surface area contributed by atoms with Crippen molar-refractivity contribution in [3.63, 3.8) is 0 Å². The second-order valence-corrected chi connectivity index (χ2v) is 3.37. The third-order valence-corrected chi connectivity index (χ3v) is 2.28. The van der Waals surface area contributed by atoms with Crippen LogP contribution < -0.4 is 9.47 Å². The topological polar surface area (TPSA) is 82.1 Å². The molecule has 0 spiro atoms. The van der Waals surface area contributed by atoms with E-state index >= 15 is 0 Å². The van der Waals surface area contributed by atoms with Crippen molar-refractivity contribution in [2.75, 3.05) is 20.8 Å². The van der Waals surface area contributed by atoms with Gasteiger partial charge in [0.1, 0.15) is 5.56 Å². The molecule has 0 unspecified atom stereocenters. The van der Waals surface area contributed by atoms with Crippen LogP contribution in [0.1, 0.15) is 17.3 Å². The Balaban J connectivity index is 3.43. The first-order valence-electron chi connectivity index (χ1n) is 5.32. The highest BCUT2D eigenvalue weighted by atomic mass is 19.1. The van der Waals surface area contributed by atoms with E-state index in [1.165, 1.54) is 21.1 Å². The van der Waals surface area contributed by atoms with Crippen LogP contribution in [-0.4, -0.2) is 37.7 Å². The van der Waals surface area contributed by atoms with Gasteiger partial charge in [-0.1, -0.05) is 0 Å². The van der Waals surface area contributed by atoms with Crippen molar-refractivity contribution in [1.82, 2.24) is 0 Å². The molecule has 0 aliphatic heterocycles.